The van der Waals surface area contributed by atoms with Crippen LogP contribution in [0.2, 0.25) is 5.02 Å². The van der Waals surface area contributed by atoms with E-state index < -0.39 is 0 Å². The second kappa shape index (κ2) is 6.78. The molecule has 1 atom stereocenters. The fraction of sp³-hybridized carbons (Fsp3) is 0.500. The highest BCUT2D eigenvalue weighted by atomic mass is 35.5. The van der Waals surface area contributed by atoms with Gasteiger partial charge in [0.15, 0.2) is 0 Å². The summed E-state index contributed by atoms with van der Waals surface area (Å²) < 4.78 is 5.18. The van der Waals surface area contributed by atoms with Crippen molar-refractivity contribution in [1.29, 1.82) is 0 Å². The van der Waals surface area contributed by atoms with E-state index in [0.29, 0.717) is 28.8 Å². The Bertz CT molecular complexity index is 445. The number of carbonyl (C=O) groups excluding carboxylic acids is 1. The first-order chi connectivity index (χ1) is 9.20. The maximum atomic E-state index is 12.1. The van der Waals surface area contributed by atoms with Crippen LogP contribution in [-0.4, -0.2) is 32.7 Å². The summed E-state index contributed by atoms with van der Waals surface area (Å²) in [5, 5.41) is 6.82. The number of rotatable bonds is 4. The minimum atomic E-state index is -0.134. The Morgan fingerprint density at radius 1 is 1.58 bits per heavy atom. The van der Waals surface area contributed by atoms with Crippen molar-refractivity contribution in [3.63, 3.8) is 0 Å². The van der Waals surface area contributed by atoms with Crippen LogP contribution in [0.3, 0.4) is 0 Å². The van der Waals surface area contributed by atoms with E-state index in [2.05, 4.69) is 10.6 Å². The minimum Gasteiger partial charge on any atom is -0.496 e. The standard InChI is InChI=1S/C14H19ClN2O2/c1-19-13-5-4-11(15)7-12(13)14(18)17-9-10-3-2-6-16-8-10/h4-5,7,10,16H,2-3,6,8-9H2,1H3,(H,17,18). The first-order valence-corrected chi connectivity index (χ1v) is 6.91. The fourth-order valence-corrected chi connectivity index (χ4v) is 2.46. The summed E-state index contributed by atoms with van der Waals surface area (Å²) in [6, 6.07) is 5.05. The summed E-state index contributed by atoms with van der Waals surface area (Å²) in [5.74, 6) is 0.913. The molecule has 4 nitrogen and oxygen atoms in total. The second-order valence-corrected chi connectivity index (χ2v) is 5.20. The van der Waals surface area contributed by atoms with Crippen molar-refractivity contribution in [2.75, 3.05) is 26.7 Å². The largest absolute Gasteiger partial charge is 0.496 e. The average molecular weight is 283 g/mol. The molecule has 1 fully saturated rings. The van der Waals surface area contributed by atoms with Crippen molar-refractivity contribution in [3.05, 3.63) is 28.8 Å². The van der Waals surface area contributed by atoms with Crippen LogP contribution < -0.4 is 15.4 Å². The van der Waals surface area contributed by atoms with E-state index in [1.54, 1.807) is 25.3 Å². The van der Waals surface area contributed by atoms with Crippen molar-refractivity contribution >= 4 is 17.5 Å². The second-order valence-electron chi connectivity index (χ2n) is 4.77. The molecule has 0 aromatic heterocycles. The Morgan fingerprint density at radius 2 is 2.42 bits per heavy atom. The van der Waals surface area contributed by atoms with Crippen LogP contribution in [0.4, 0.5) is 0 Å². The topological polar surface area (TPSA) is 50.4 Å². The van der Waals surface area contributed by atoms with E-state index in [1.165, 1.54) is 6.42 Å². The first-order valence-electron chi connectivity index (χ1n) is 6.53. The van der Waals surface area contributed by atoms with Crippen LogP contribution in [-0.2, 0) is 0 Å². The highest BCUT2D eigenvalue weighted by Crippen LogP contribution is 2.22. The number of amides is 1. The summed E-state index contributed by atoms with van der Waals surface area (Å²) in [5.41, 5.74) is 0.485. The third kappa shape index (κ3) is 3.85. The van der Waals surface area contributed by atoms with Gasteiger partial charge in [0.2, 0.25) is 0 Å². The Balaban J connectivity index is 1.97. The number of hydrogen-bond donors (Lipinski definition) is 2. The molecule has 0 saturated carbocycles. The number of carbonyl (C=O) groups is 1. The monoisotopic (exact) mass is 282 g/mol. The molecule has 1 saturated heterocycles. The van der Waals surface area contributed by atoms with Crippen LogP contribution in [0.1, 0.15) is 23.2 Å². The van der Waals surface area contributed by atoms with Gasteiger partial charge < -0.3 is 15.4 Å². The van der Waals surface area contributed by atoms with E-state index in [-0.39, 0.29) is 5.91 Å². The molecule has 1 aromatic carbocycles. The predicted molar refractivity (Wildman–Crippen MR) is 75.9 cm³/mol. The Hall–Kier alpha value is -1.26. The molecule has 1 aliphatic rings. The van der Waals surface area contributed by atoms with Gasteiger partial charge in [0.1, 0.15) is 5.75 Å². The molecule has 0 aliphatic carbocycles. The molecule has 1 aliphatic heterocycles. The Labute approximate surface area is 118 Å². The number of ether oxygens (including phenoxy) is 1. The molecule has 2 rings (SSSR count). The Kier molecular flexibility index (Phi) is 5.05. The lowest BCUT2D eigenvalue weighted by Crippen LogP contribution is -2.38. The summed E-state index contributed by atoms with van der Waals surface area (Å²) in [4.78, 5) is 12.1. The maximum absolute atomic E-state index is 12.1. The van der Waals surface area contributed by atoms with E-state index >= 15 is 0 Å². The van der Waals surface area contributed by atoms with Crippen molar-refractivity contribution in [1.82, 2.24) is 10.6 Å². The lowest BCUT2D eigenvalue weighted by molar-refractivity contribution is 0.0942. The predicted octanol–water partition coefficient (Wildman–Crippen LogP) is 2.08. The van der Waals surface area contributed by atoms with E-state index in [1.807, 2.05) is 0 Å². The molecular weight excluding hydrogens is 264 g/mol. The van der Waals surface area contributed by atoms with Crippen LogP contribution in [0, 0.1) is 5.92 Å². The van der Waals surface area contributed by atoms with Crippen molar-refractivity contribution in [3.8, 4) is 5.75 Å². The SMILES string of the molecule is COc1ccc(Cl)cc1C(=O)NCC1CCCNC1. The van der Waals surface area contributed by atoms with Gasteiger partial charge in [0.25, 0.3) is 5.91 Å². The molecule has 0 radical (unpaired) electrons. The summed E-state index contributed by atoms with van der Waals surface area (Å²) in [7, 11) is 1.55. The highest BCUT2D eigenvalue weighted by Gasteiger charge is 2.16. The van der Waals surface area contributed by atoms with Crippen LogP contribution in [0.15, 0.2) is 18.2 Å². The number of benzene rings is 1. The number of halogens is 1. The summed E-state index contributed by atoms with van der Waals surface area (Å²) in [6.07, 6.45) is 2.32. The summed E-state index contributed by atoms with van der Waals surface area (Å²) >= 11 is 5.92. The number of hydrogen-bond acceptors (Lipinski definition) is 3. The molecule has 2 N–H and O–H groups in total. The van der Waals surface area contributed by atoms with Crippen molar-refractivity contribution in [2.45, 2.75) is 12.8 Å². The maximum Gasteiger partial charge on any atom is 0.255 e. The van der Waals surface area contributed by atoms with Gasteiger partial charge in [-0.05, 0) is 50.0 Å². The quantitative estimate of drug-likeness (QED) is 0.889. The molecular formula is C14H19ClN2O2. The van der Waals surface area contributed by atoms with Gasteiger partial charge in [0, 0.05) is 11.6 Å². The van der Waals surface area contributed by atoms with Crippen molar-refractivity contribution < 1.29 is 9.53 Å². The number of nitrogens with one attached hydrogen (secondary N) is 2. The molecule has 0 spiro atoms. The van der Waals surface area contributed by atoms with Gasteiger partial charge in [-0.25, -0.2) is 0 Å². The molecule has 19 heavy (non-hydrogen) atoms. The van der Waals surface area contributed by atoms with E-state index in [0.717, 1.165) is 19.5 Å². The molecule has 1 unspecified atom stereocenters. The van der Waals surface area contributed by atoms with Crippen LogP contribution in [0.5, 0.6) is 5.75 Å². The lowest BCUT2D eigenvalue weighted by atomic mass is 9.99. The summed E-state index contributed by atoms with van der Waals surface area (Å²) in [6.45, 7) is 2.72. The first kappa shape index (κ1) is 14.2. The zero-order chi connectivity index (χ0) is 13.7. The van der Waals surface area contributed by atoms with Gasteiger partial charge >= 0.3 is 0 Å². The number of piperidine rings is 1. The van der Waals surface area contributed by atoms with Crippen molar-refractivity contribution in [2.24, 2.45) is 5.92 Å². The van der Waals surface area contributed by atoms with Gasteiger partial charge in [-0.3, -0.25) is 4.79 Å². The normalized spacial score (nSPS) is 18.9. The fourth-order valence-electron chi connectivity index (χ4n) is 2.29. The van der Waals surface area contributed by atoms with Gasteiger partial charge in [0.05, 0.1) is 12.7 Å². The van der Waals surface area contributed by atoms with Gasteiger partial charge in [-0.2, -0.15) is 0 Å². The van der Waals surface area contributed by atoms with Crippen LogP contribution in [0.25, 0.3) is 0 Å². The van der Waals surface area contributed by atoms with E-state index in [4.69, 9.17) is 16.3 Å². The smallest absolute Gasteiger partial charge is 0.255 e. The van der Waals surface area contributed by atoms with Gasteiger partial charge in [-0.15, -0.1) is 0 Å². The Morgan fingerprint density at radius 3 is 3.11 bits per heavy atom. The molecule has 5 heteroatoms. The zero-order valence-electron chi connectivity index (χ0n) is 11.0. The molecule has 0 bridgehead atoms. The minimum absolute atomic E-state index is 0.134. The zero-order valence-corrected chi connectivity index (χ0v) is 11.8. The third-order valence-electron chi connectivity index (χ3n) is 3.36. The van der Waals surface area contributed by atoms with Crippen LogP contribution >= 0.6 is 11.6 Å². The number of methoxy groups -OCH3 is 1. The average Bonchev–Trinajstić information content (AvgIpc) is 2.46. The third-order valence-corrected chi connectivity index (χ3v) is 3.59. The highest BCUT2D eigenvalue weighted by molar-refractivity contribution is 6.31. The molecule has 1 amide bonds. The van der Waals surface area contributed by atoms with E-state index in [9.17, 15) is 4.79 Å². The van der Waals surface area contributed by atoms with Gasteiger partial charge in [-0.1, -0.05) is 11.6 Å². The molecule has 1 aromatic rings. The molecule has 104 valence electrons. The lowest BCUT2D eigenvalue weighted by Gasteiger charge is -2.23. The molecule has 1 heterocycles.